The number of aromatic nitrogens is 5. The van der Waals surface area contributed by atoms with E-state index in [1.807, 2.05) is 25.5 Å². The highest BCUT2D eigenvalue weighted by atomic mass is 16.5. The summed E-state index contributed by atoms with van der Waals surface area (Å²) in [7, 11) is 0. The van der Waals surface area contributed by atoms with E-state index in [1.54, 1.807) is 24.5 Å². The summed E-state index contributed by atoms with van der Waals surface area (Å²) in [6.45, 7) is 7.10. The third kappa shape index (κ3) is 3.03. The summed E-state index contributed by atoms with van der Waals surface area (Å²) in [5, 5.41) is 11.1. The van der Waals surface area contributed by atoms with Gasteiger partial charge in [0.1, 0.15) is 0 Å². The molecule has 0 aliphatic heterocycles. The highest BCUT2D eigenvalue weighted by molar-refractivity contribution is 5.89. The Balaban J connectivity index is 1.70. The summed E-state index contributed by atoms with van der Waals surface area (Å²) < 4.78 is 6.95. The largest absolute Gasteiger partial charge is 0.344 e. The molecule has 0 unspecified atom stereocenters. The van der Waals surface area contributed by atoms with Crippen LogP contribution in [0.15, 0.2) is 29.0 Å². The fourth-order valence-electron chi connectivity index (χ4n) is 2.48. The number of pyridine rings is 1. The number of hydrogen-bond donors (Lipinski definition) is 1. The topological polar surface area (TPSA) is 98.7 Å². The van der Waals surface area contributed by atoms with Gasteiger partial charge in [0.2, 0.25) is 5.82 Å². The summed E-state index contributed by atoms with van der Waals surface area (Å²) in [4.78, 5) is 20.3. The van der Waals surface area contributed by atoms with E-state index in [0.717, 1.165) is 29.1 Å². The van der Waals surface area contributed by atoms with Gasteiger partial charge in [-0.3, -0.25) is 14.5 Å². The average molecular weight is 326 g/mol. The molecular weight excluding hydrogens is 308 g/mol. The van der Waals surface area contributed by atoms with Crippen molar-refractivity contribution in [1.82, 2.24) is 30.2 Å². The Morgan fingerprint density at radius 1 is 1.29 bits per heavy atom. The maximum absolute atomic E-state index is 12.2. The number of nitrogens with one attached hydrogen (secondary N) is 1. The van der Waals surface area contributed by atoms with Crippen molar-refractivity contribution < 1.29 is 9.32 Å². The first kappa shape index (κ1) is 15.9. The van der Waals surface area contributed by atoms with Gasteiger partial charge in [-0.1, -0.05) is 5.16 Å². The zero-order valence-electron chi connectivity index (χ0n) is 13.8. The first-order chi connectivity index (χ1) is 11.6. The van der Waals surface area contributed by atoms with E-state index in [4.69, 9.17) is 4.52 Å². The molecule has 0 aliphatic rings. The number of carbonyl (C=O) groups is 1. The number of aryl methyl sites for hydroxylation is 2. The summed E-state index contributed by atoms with van der Waals surface area (Å²) in [5.41, 5.74) is 3.68. The summed E-state index contributed by atoms with van der Waals surface area (Å²) in [6, 6.07) is 3.50. The first-order valence-electron chi connectivity index (χ1n) is 7.65. The van der Waals surface area contributed by atoms with Gasteiger partial charge < -0.3 is 9.84 Å². The van der Waals surface area contributed by atoms with Crippen molar-refractivity contribution in [1.29, 1.82) is 0 Å². The monoisotopic (exact) mass is 326 g/mol. The van der Waals surface area contributed by atoms with Gasteiger partial charge in [0.05, 0.1) is 5.69 Å². The Kier molecular flexibility index (Phi) is 4.37. The smallest absolute Gasteiger partial charge is 0.316 e. The standard InChI is InChI=1S/C16H18N6O2/c1-4-22-11(3)13(10(2)20-22)9-18-15(23)16-19-14(21-24-16)12-5-7-17-8-6-12/h5-8H,4,9H2,1-3H3,(H,18,23). The van der Waals surface area contributed by atoms with Crippen molar-refractivity contribution in [3.05, 3.63) is 47.4 Å². The number of nitrogens with zero attached hydrogens (tertiary/aromatic N) is 5. The molecule has 1 N–H and O–H groups in total. The molecule has 3 aromatic rings. The van der Waals surface area contributed by atoms with Crippen molar-refractivity contribution >= 4 is 5.91 Å². The van der Waals surface area contributed by atoms with Gasteiger partial charge in [-0.25, -0.2) is 0 Å². The van der Waals surface area contributed by atoms with E-state index in [-0.39, 0.29) is 5.89 Å². The van der Waals surface area contributed by atoms with Crippen LogP contribution in [0.1, 0.15) is 34.6 Å². The van der Waals surface area contributed by atoms with E-state index < -0.39 is 5.91 Å². The third-order valence-electron chi connectivity index (χ3n) is 3.82. The number of rotatable bonds is 5. The van der Waals surface area contributed by atoms with E-state index in [1.165, 1.54) is 0 Å². The molecule has 0 radical (unpaired) electrons. The minimum absolute atomic E-state index is 0.0694. The van der Waals surface area contributed by atoms with Gasteiger partial charge in [-0.2, -0.15) is 10.1 Å². The van der Waals surface area contributed by atoms with Crippen molar-refractivity contribution in [3.8, 4) is 11.4 Å². The molecule has 124 valence electrons. The highest BCUT2D eigenvalue weighted by Crippen LogP contribution is 2.15. The van der Waals surface area contributed by atoms with Crippen LogP contribution in [-0.4, -0.2) is 30.8 Å². The first-order valence-corrected chi connectivity index (χ1v) is 7.65. The second-order valence-corrected chi connectivity index (χ2v) is 5.31. The van der Waals surface area contributed by atoms with Gasteiger partial charge >= 0.3 is 11.8 Å². The maximum Gasteiger partial charge on any atom is 0.316 e. The SMILES string of the molecule is CCn1nc(C)c(CNC(=O)c2nc(-c3ccncc3)no2)c1C. The van der Waals surface area contributed by atoms with E-state index >= 15 is 0 Å². The minimum atomic E-state index is -0.411. The van der Waals surface area contributed by atoms with Crippen LogP contribution >= 0.6 is 0 Å². The molecule has 0 spiro atoms. The van der Waals surface area contributed by atoms with Crippen LogP contribution < -0.4 is 5.32 Å². The molecule has 0 saturated heterocycles. The predicted molar refractivity (Wildman–Crippen MR) is 86.1 cm³/mol. The quantitative estimate of drug-likeness (QED) is 0.769. The molecule has 3 rings (SSSR count). The molecule has 0 bridgehead atoms. The lowest BCUT2D eigenvalue weighted by atomic mass is 10.2. The molecule has 8 nitrogen and oxygen atoms in total. The van der Waals surface area contributed by atoms with Crippen molar-refractivity contribution in [3.63, 3.8) is 0 Å². The lowest BCUT2D eigenvalue weighted by Crippen LogP contribution is -2.23. The van der Waals surface area contributed by atoms with Gasteiger partial charge in [0, 0.05) is 42.3 Å². The summed E-state index contributed by atoms with van der Waals surface area (Å²) in [5.74, 6) is -0.125. The van der Waals surface area contributed by atoms with Crippen LogP contribution in [0.25, 0.3) is 11.4 Å². The molecule has 0 aromatic carbocycles. The van der Waals surface area contributed by atoms with Crippen molar-refractivity contribution in [2.45, 2.75) is 33.9 Å². The van der Waals surface area contributed by atoms with E-state index in [2.05, 4.69) is 25.5 Å². The van der Waals surface area contributed by atoms with Crippen LogP contribution in [0.5, 0.6) is 0 Å². The van der Waals surface area contributed by atoms with Gasteiger partial charge in [-0.05, 0) is 32.9 Å². The number of carbonyl (C=O) groups excluding carboxylic acids is 1. The number of amides is 1. The van der Waals surface area contributed by atoms with Crippen molar-refractivity contribution in [2.24, 2.45) is 0 Å². The van der Waals surface area contributed by atoms with Crippen LogP contribution in [0.3, 0.4) is 0 Å². The zero-order chi connectivity index (χ0) is 17.1. The molecule has 0 fully saturated rings. The third-order valence-corrected chi connectivity index (χ3v) is 3.82. The molecule has 3 aromatic heterocycles. The molecular formula is C16H18N6O2. The molecule has 0 aliphatic carbocycles. The second kappa shape index (κ2) is 6.61. The van der Waals surface area contributed by atoms with Crippen LogP contribution in [0.2, 0.25) is 0 Å². The van der Waals surface area contributed by atoms with Gasteiger partial charge in [0.15, 0.2) is 0 Å². The molecule has 0 atom stereocenters. The lowest BCUT2D eigenvalue weighted by molar-refractivity contribution is 0.0907. The Morgan fingerprint density at radius 3 is 2.71 bits per heavy atom. The lowest BCUT2D eigenvalue weighted by Gasteiger charge is -2.03. The maximum atomic E-state index is 12.2. The molecule has 1 amide bonds. The number of hydrogen-bond acceptors (Lipinski definition) is 6. The second-order valence-electron chi connectivity index (χ2n) is 5.31. The summed E-state index contributed by atoms with van der Waals surface area (Å²) >= 11 is 0. The van der Waals surface area contributed by atoms with E-state index in [0.29, 0.717) is 12.4 Å². The highest BCUT2D eigenvalue weighted by Gasteiger charge is 2.17. The minimum Gasteiger partial charge on any atom is -0.344 e. The fraction of sp³-hybridized carbons (Fsp3) is 0.312. The van der Waals surface area contributed by atoms with Crippen LogP contribution in [-0.2, 0) is 13.1 Å². The van der Waals surface area contributed by atoms with E-state index in [9.17, 15) is 4.79 Å². The van der Waals surface area contributed by atoms with Gasteiger partial charge in [-0.15, -0.1) is 0 Å². The Labute approximate surface area is 138 Å². The summed E-state index contributed by atoms with van der Waals surface area (Å²) in [6.07, 6.45) is 3.25. The molecule has 24 heavy (non-hydrogen) atoms. The normalized spacial score (nSPS) is 10.8. The molecule has 0 saturated carbocycles. The predicted octanol–water partition coefficient (Wildman–Crippen LogP) is 1.89. The zero-order valence-corrected chi connectivity index (χ0v) is 13.8. The van der Waals surface area contributed by atoms with Crippen molar-refractivity contribution in [2.75, 3.05) is 0 Å². The molecule has 3 heterocycles. The Hall–Kier alpha value is -3.03. The average Bonchev–Trinajstić information content (AvgIpc) is 3.19. The van der Waals surface area contributed by atoms with Gasteiger partial charge in [0.25, 0.3) is 0 Å². The van der Waals surface area contributed by atoms with Crippen LogP contribution in [0.4, 0.5) is 0 Å². The Bertz CT molecular complexity index is 853. The fourth-order valence-corrected chi connectivity index (χ4v) is 2.48. The Morgan fingerprint density at radius 2 is 2.04 bits per heavy atom. The van der Waals surface area contributed by atoms with Crippen LogP contribution in [0, 0.1) is 13.8 Å². The molecule has 8 heteroatoms.